The lowest BCUT2D eigenvalue weighted by atomic mass is 10.2. The number of imidazole rings is 1. The van der Waals surface area contributed by atoms with E-state index in [2.05, 4.69) is 29.4 Å². The van der Waals surface area contributed by atoms with Crippen LogP contribution in [0.1, 0.15) is 52.5 Å². The highest BCUT2D eigenvalue weighted by molar-refractivity contribution is 5.88. The van der Waals surface area contributed by atoms with Gasteiger partial charge in [0.15, 0.2) is 0 Å². The molecule has 1 fully saturated rings. The van der Waals surface area contributed by atoms with E-state index in [1.54, 1.807) is 0 Å². The van der Waals surface area contributed by atoms with Crippen LogP contribution in [0, 0.1) is 13.8 Å². The molecule has 1 amide bonds. The molecule has 1 aliphatic rings. The van der Waals surface area contributed by atoms with E-state index in [4.69, 9.17) is 10.3 Å². The topological polar surface area (TPSA) is 115 Å². The van der Waals surface area contributed by atoms with Gasteiger partial charge in [0.2, 0.25) is 11.7 Å². The number of hydrogen-bond donors (Lipinski definition) is 1. The van der Waals surface area contributed by atoms with Crippen LogP contribution in [0.5, 0.6) is 0 Å². The minimum atomic E-state index is -0.682. The quantitative estimate of drug-likeness (QED) is 0.757. The van der Waals surface area contributed by atoms with Crippen molar-refractivity contribution >= 4 is 11.7 Å². The lowest BCUT2D eigenvalue weighted by Gasteiger charge is -2.21. The average molecular weight is 341 g/mol. The van der Waals surface area contributed by atoms with E-state index in [0.29, 0.717) is 18.2 Å². The number of nitrogens with two attached hydrogens (primary N) is 1. The summed E-state index contributed by atoms with van der Waals surface area (Å²) < 4.78 is 7.31. The van der Waals surface area contributed by atoms with E-state index in [1.165, 1.54) is 0 Å². The highest BCUT2D eigenvalue weighted by Crippen LogP contribution is 2.32. The number of nitrogens with zero attached hydrogens (tertiary/aromatic N) is 6. The molecule has 2 N–H and O–H groups in total. The molecule has 0 saturated carbocycles. The fraction of sp³-hybridized carbons (Fsp3) is 0.438. The van der Waals surface area contributed by atoms with Gasteiger partial charge in [-0.2, -0.15) is 4.98 Å². The molecular weight excluding hydrogens is 322 g/mol. The number of likely N-dealkylation sites (tertiary alicyclic amines) is 1. The molecule has 1 aliphatic heterocycles. The van der Waals surface area contributed by atoms with Crippen molar-refractivity contribution in [3.63, 3.8) is 0 Å². The van der Waals surface area contributed by atoms with E-state index < -0.39 is 5.91 Å². The number of fused-ring (bicyclic) bond motifs is 1. The van der Waals surface area contributed by atoms with Crippen LogP contribution in [0.15, 0.2) is 16.8 Å². The molecule has 0 unspecified atom stereocenters. The molecule has 9 heteroatoms. The number of primary amides is 1. The Hall–Kier alpha value is -2.81. The predicted octanol–water partition coefficient (Wildman–Crippen LogP) is 1.17. The zero-order chi connectivity index (χ0) is 17.6. The molecule has 0 spiro atoms. The SMILES string of the molecule is Cc1cc(C)n2c(CN3CCC[C@H]3c3nc(C(N)=O)no3)cnc2n1. The molecule has 1 saturated heterocycles. The summed E-state index contributed by atoms with van der Waals surface area (Å²) in [7, 11) is 0. The summed E-state index contributed by atoms with van der Waals surface area (Å²) in [4.78, 5) is 26.5. The maximum absolute atomic E-state index is 11.2. The summed E-state index contributed by atoms with van der Waals surface area (Å²) in [6.07, 6.45) is 3.77. The van der Waals surface area contributed by atoms with Gasteiger partial charge in [0.25, 0.3) is 11.7 Å². The van der Waals surface area contributed by atoms with Gasteiger partial charge in [-0.05, 0) is 39.3 Å². The summed E-state index contributed by atoms with van der Waals surface area (Å²) in [6, 6.07) is 2.02. The first kappa shape index (κ1) is 15.7. The van der Waals surface area contributed by atoms with Crippen molar-refractivity contribution in [3.8, 4) is 0 Å². The number of carbonyl (C=O) groups is 1. The molecule has 3 aromatic heterocycles. The Balaban J connectivity index is 1.62. The van der Waals surface area contributed by atoms with Gasteiger partial charge in [0.1, 0.15) is 0 Å². The summed E-state index contributed by atoms with van der Waals surface area (Å²) in [5.74, 6) is 0.383. The van der Waals surface area contributed by atoms with Crippen LogP contribution in [-0.4, -0.2) is 41.9 Å². The van der Waals surface area contributed by atoms with Gasteiger partial charge in [-0.1, -0.05) is 5.16 Å². The minimum Gasteiger partial charge on any atom is -0.363 e. The molecule has 9 nitrogen and oxygen atoms in total. The van der Waals surface area contributed by atoms with E-state index >= 15 is 0 Å². The summed E-state index contributed by atoms with van der Waals surface area (Å²) in [6.45, 7) is 5.60. The largest absolute Gasteiger partial charge is 0.363 e. The third-order valence-electron chi connectivity index (χ3n) is 4.54. The van der Waals surface area contributed by atoms with Crippen LogP contribution < -0.4 is 5.73 Å². The second kappa shape index (κ2) is 5.92. The maximum atomic E-state index is 11.2. The van der Waals surface area contributed by atoms with Crippen LogP contribution in [0.3, 0.4) is 0 Å². The Morgan fingerprint density at radius 3 is 3.00 bits per heavy atom. The Morgan fingerprint density at radius 1 is 1.40 bits per heavy atom. The molecule has 3 aromatic rings. The predicted molar refractivity (Wildman–Crippen MR) is 87.7 cm³/mol. The summed E-state index contributed by atoms with van der Waals surface area (Å²) >= 11 is 0. The lowest BCUT2D eigenvalue weighted by Crippen LogP contribution is -2.24. The van der Waals surface area contributed by atoms with Crippen LogP contribution in [0.2, 0.25) is 0 Å². The number of aromatic nitrogens is 5. The van der Waals surface area contributed by atoms with Gasteiger partial charge < -0.3 is 10.3 Å². The first-order valence-electron chi connectivity index (χ1n) is 8.21. The van der Waals surface area contributed by atoms with Crippen molar-refractivity contribution in [2.75, 3.05) is 6.54 Å². The molecule has 4 heterocycles. The van der Waals surface area contributed by atoms with Gasteiger partial charge in [0.05, 0.1) is 17.9 Å². The molecule has 0 bridgehead atoms. The summed E-state index contributed by atoms with van der Waals surface area (Å²) in [5, 5.41) is 3.65. The fourth-order valence-electron chi connectivity index (χ4n) is 3.48. The second-order valence-electron chi connectivity index (χ2n) is 6.37. The van der Waals surface area contributed by atoms with Gasteiger partial charge in [0, 0.05) is 17.9 Å². The Morgan fingerprint density at radius 2 is 2.24 bits per heavy atom. The number of rotatable bonds is 4. The highest BCUT2D eigenvalue weighted by Gasteiger charge is 2.32. The van der Waals surface area contributed by atoms with Crippen molar-refractivity contribution in [2.24, 2.45) is 5.73 Å². The molecule has 0 radical (unpaired) electrons. The standard InChI is InChI=1S/C16H19N7O2/c1-9-6-10(2)23-11(7-18-16(23)19-9)8-22-5-3-4-12(22)15-20-14(13(17)24)21-25-15/h6-7,12H,3-5,8H2,1-2H3,(H2,17,24)/t12-/m0/s1. The Kier molecular flexibility index (Phi) is 3.72. The van der Waals surface area contributed by atoms with E-state index in [-0.39, 0.29) is 11.9 Å². The first-order valence-corrected chi connectivity index (χ1v) is 8.21. The minimum absolute atomic E-state index is 0.0233. The van der Waals surface area contributed by atoms with Crippen molar-refractivity contribution in [3.05, 3.63) is 41.1 Å². The fourth-order valence-corrected chi connectivity index (χ4v) is 3.48. The summed E-state index contributed by atoms with van der Waals surface area (Å²) in [5.41, 5.74) is 8.31. The average Bonchev–Trinajstić information content (AvgIpc) is 3.26. The third kappa shape index (κ3) is 2.76. The molecule has 25 heavy (non-hydrogen) atoms. The van der Waals surface area contributed by atoms with Crippen molar-refractivity contribution in [2.45, 2.75) is 39.3 Å². The van der Waals surface area contributed by atoms with Gasteiger partial charge >= 0.3 is 0 Å². The number of aryl methyl sites for hydroxylation is 2. The molecule has 4 rings (SSSR count). The molecule has 130 valence electrons. The molecule has 0 aliphatic carbocycles. The second-order valence-corrected chi connectivity index (χ2v) is 6.37. The normalized spacial score (nSPS) is 18.2. The number of carbonyl (C=O) groups excluding carboxylic acids is 1. The molecule has 1 atom stereocenters. The molecular formula is C16H19N7O2. The van der Waals surface area contributed by atoms with Crippen molar-refractivity contribution in [1.29, 1.82) is 0 Å². The van der Waals surface area contributed by atoms with Crippen molar-refractivity contribution in [1.82, 2.24) is 29.4 Å². The smallest absolute Gasteiger partial charge is 0.290 e. The first-order chi connectivity index (χ1) is 12.0. The van der Waals surface area contributed by atoms with Gasteiger partial charge in [-0.15, -0.1) is 0 Å². The highest BCUT2D eigenvalue weighted by atomic mass is 16.5. The number of hydrogen-bond acceptors (Lipinski definition) is 7. The van der Waals surface area contributed by atoms with Crippen LogP contribution in [-0.2, 0) is 6.54 Å². The van der Waals surface area contributed by atoms with Crippen LogP contribution in [0.25, 0.3) is 5.78 Å². The monoisotopic (exact) mass is 341 g/mol. The maximum Gasteiger partial charge on any atom is 0.290 e. The Bertz CT molecular complexity index is 945. The third-order valence-corrected chi connectivity index (χ3v) is 4.54. The van der Waals surface area contributed by atoms with E-state index in [0.717, 1.165) is 36.5 Å². The lowest BCUT2D eigenvalue weighted by molar-refractivity contribution is 0.0987. The number of amides is 1. The van der Waals surface area contributed by atoms with Gasteiger partial charge in [-0.3, -0.25) is 14.1 Å². The zero-order valence-electron chi connectivity index (χ0n) is 14.1. The van der Waals surface area contributed by atoms with E-state index in [1.807, 2.05) is 26.1 Å². The zero-order valence-corrected chi connectivity index (χ0v) is 14.1. The van der Waals surface area contributed by atoms with Crippen molar-refractivity contribution < 1.29 is 9.32 Å². The Labute approximate surface area is 143 Å². The van der Waals surface area contributed by atoms with Gasteiger partial charge in [-0.25, -0.2) is 9.97 Å². The van der Waals surface area contributed by atoms with Crippen LogP contribution in [0.4, 0.5) is 0 Å². The van der Waals surface area contributed by atoms with E-state index in [9.17, 15) is 4.79 Å². The molecule has 0 aromatic carbocycles. The van der Waals surface area contributed by atoms with Crippen LogP contribution >= 0.6 is 0 Å².